The number of esters is 1. The number of hydrogen-bond acceptors (Lipinski definition) is 2. The fourth-order valence-corrected chi connectivity index (χ4v) is 0.356. The highest BCUT2D eigenvalue weighted by Gasteiger charge is 1.84. The standard InChI is InChI=1S/C8H10O2/c1-3-4-5-6-7-10-8(2)9/h5-6H,7H2,1-2H3/b6-5+. The van der Waals surface area contributed by atoms with E-state index in [4.69, 9.17) is 0 Å². The summed E-state index contributed by atoms with van der Waals surface area (Å²) in [4.78, 5) is 10.2. The van der Waals surface area contributed by atoms with Gasteiger partial charge >= 0.3 is 5.97 Å². The molecule has 0 saturated heterocycles. The van der Waals surface area contributed by atoms with Gasteiger partial charge in [-0.25, -0.2) is 0 Å². The topological polar surface area (TPSA) is 26.3 Å². The number of carbonyl (C=O) groups excluding carboxylic acids is 1. The molecule has 0 unspecified atom stereocenters. The second-order valence-corrected chi connectivity index (χ2v) is 1.60. The lowest BCUT2D eigenvalue weighted by Gasteiger charge is -1.91. The summed E-state index contributed by atoms with van der Waals surface area (Å²) in [6.45, 7) is 3.43. The maximum Gasteiger partial charge on any atom is 0.302 e. The quantitative estimate of drug-likeness (QED) is 0.422. The Morgan fingerprint density at radius 3 is 2.90 bits per heavy atom. The van der Waals surface area contributed by atoms with Crippen LogP contribution in [0, 0.1) is 11.8 Å². The summed E-state index contributed by atoms with van der Waals surface area (Å²) < 4.78 is 4.59. The normalized spacial score (nSPS) is 8.60. The molecular weight excluding hydrogens is 128 g/mol. The first-order valence-corrected chi connectivity index (χ1v) is 2.98. The van der Waals surface area contributed by atoms with Crippen LogP contribution in [0.5, 0.6) is 0 Å². The lowest BCUT2D eigenvalue weighted by molar-refractivity contribution is -0.139. The Morgan fingerprint density at radius 1 is 1.70 bits per heavy atom. The first-order valence-electron chi connectivity index (χ1n) is 2.98. The Balaban J connectivity index is 3.33. The smallest absolute Gasteiger partial charge is 0.302 e. The molecule has 2 heteroatoms. The van der Waals surface area contributed by atoms with Crippen molar-refractivity contribution in [3.05, 3.63) is 12.2 Å². The Morgan fingerprint density at radius 2 is 2.40 bits per heavy atom. The minimum Gasteiger partial charge on any atom is -0.462 e. The van der Waals surface area contributed by atoms with E-state index in [0.29, 0.717) is 6.61 Å². The maximum absolute atomic E-state index is 10.2. The zero-order valence-corrected chi connectivity index (χ0v) is 6.18. The van der Waals surface area contributed by atoms with Crippen molar-refractivity contribution >= 4 is 5.97 Å². The molecule has 54 valence electrons. The summed E-state index contributed by atoms with van der Waals surface area (Å²) in [5, 5.41) is 0. The molecule has 0 amide bonds. The molecule has 0 aliphatic heterocycles. The second kappa shape index (κ2) is 5.90. The molecule has 0 spiro atoms. The monoisotopic (exact) mass is 138 g/mol. The molecule has 0 aliphatic rings. The Kier molecular flexibility index (Phi) is 5.17. The zero-order valence-electron chi connectivity index (χ0n) is 6.18. The van der Waals surface area contributed by atoms with Crippen molar-refractivity contribution in [3.8, 4) is 11.8 Å². The molecular formula is C8H10O2. The lowest BCUT2D eigenvalue weighted by atomic mass is 10.5. The summed E-state index contributed by atoms with van der Waals surface area (Å²) in [6.07, 6.45) is 3.35. The molecule has 2 nitrogen and oxygen atoms in total. The van der Waals surface area contributed by atoms with Crippen LogP contribution in [0.4, 0.5) is 0 Å². The van der Waals surface area contributed by atoms with Gasteiger partial charge in [0.15, 0.2) is 0 Å². The van der Waals surface area contributed by atoms with Gasteiger partial charge in [0, 0.05) is 6.92 Å². The van der Waals surface area contributed by atoms with Gasteiger partial charge in [-0.2, -0.15) is 0 Å². The van der Waals surface area contributed by atoms with Gasteiger partial charge in [-0.05, 0) is 19.1 Å². The number of hydrogen-bond donors (Lipinski definition) is 0. The average molecular weight is 138 g/mol. The Bertz CT molecular complexity index is 181. The van der Waals surface area contributed by atoms with Crippen LogP contribution in [0.2, 0.25) is 0 Å². The van der Waals surface area contributed by atoms with Crippen LogP contribution in [0.1, 0.15) is 13.8 Å². The van der Waals surface area contributed by atoms with Crippen molar-refractivity contribution < 1.29 is 9.53 Å². The molecule has 10 heavy (non-hydrogen) atoms. The zero-order chi connectivity index (χ0) is 7.82. The van der Waals surface area contributed by atoms with Crippen molar-refractivity contribution in [2.75, 3.05) is 6.61 Å². The molecule has 0 aliphatic carbocycles. The van der Waals surface area contributed by atoms with Gasteiger partial charge in [-0.3, -0.25) is 4.79 Å². The van der Waals surface area contributed by atoms with Crippen LogP contribution in [-0.4, -0.2) is 12.6 Å². The fraction of sp³-hybridized carbons (Fsp3) is 0.375. The van der Waals surface area contributed by atoms with Crippen LogP contribution < -0.4 is 0 Å². The van der Waals surface area contributed by atoms with E-state index in [-0.39, 0.29) is 5.97 Å². The summed E-state index contributed by atoms with van der Waals surface area (Å²) in [7, 11) is 0. The van der Waals surface area contributed by atoms with Crippen molar-refractivity contribution in [1.82, 2.24) is 0 Å². The minimum absolute atomic E-state index is 0.269. The Hall–Kier alpha value is -1.23. The van der Waals surface area contributed by atoms with E-state index in [1.165, 1.54) is 6.92 Å². The molecule has 0 heterocycles. The van der Waals surface area contributed by atoms with Gasteiger partial charge in [0.1, 0.15) is 6.61 Å². The predicted octanol–water partition coefficient (Wildman–Crippen LogP) is 1.13. The third-order valence-corrected chi connectivity index (χ3v) is 0.728. The van der Waals surface area contributed by atoms with Crippen LogP contribution in [0.25, 0.3) is 0 Å². The summed E-state index contributed by atoms with van der Waals surface area (Å²) in [5.74, 6) is 5.11. The summed E-state index contributed by atoms with van der Waals surface area (Å²) in [6, 6.07) is 0. The lowest BCUT2D eigenvalue weighted by Crippen LogP contribution is -1.96. The number of ether oxygens (including phenoxy) is 1. The highest BCUT2D eigenvalue weighted by Crippen LogP contribution is 1.77. The predicted molar refractivity (Wildman–Crippen MR) is 39.2 cm³/mol. The molecule has 0 N–H and O–H groups in total. The number of carbonyl (C=O) groups is 1. The van der Waals surface area contributed by atoms with Crippen LogP contribution in [0.3, 0.4) is 0 Å². The van der Waals surface area contributed by atoms with Gasteiger partial charge in [0.05, 0.1) is 0 Å². The van der Waals surface area contributed by atoms with E-state index in [1.807, 2.05) is 0 Å². The third-order valence-electron chi connectivity index (χ3n) is 0.728. The van der Waals surface area contributed by atoms with E-state index in [9.17, 15) is 4.79 Å². The molecule has 0 bridgehead atoms. The molecule has 0 radical (unpaired) electrons. The Labute approximate surface area is 60.9 Å². The molecule has 0 fully saturated rings. The van der Waals surface area contributed by atoms with E-state index in [0.717, 1.165) is 0 Å². The summed E-state index contributed by atoms with van der Waals surface area (Å²) >= 11 is 0. The van der Waals surface area contributed by atoms with Gasteiger partial charge in [0.25, 0.3) is 0 Å². The maximum atomic E-state index is 10.2. The van der Waals surface area contributed by atoms with E-state index >= 15 is 0 Å². The largest absolute Gasteiger partial charge is 0.462 e. The van der Waals surface area contributed by atoms with Crippen molar-refractivity contribution in [1.29, 1.82) is 0 Å². The fourth-order valence-electron chi connectivity index (χ4n) is 0.356. The van der Waals surface area contributed by atoms with Crippen LogP contribution in [0.15, 0.2) is 12.2 Å². The highest BCUT2D eigenvalue weighted by molar-refractivity contribution is 5.65. The second-order valence-electron chi connectivity index (χ2n) is 1.60. The molecule has 0 aromatic rings. The van der Waals surface area contributed by atoms with Gasteiger partial charge < -0.3 is 4.74 Å². The van der Waals surface area contributed by atoms with Crippen LogP contribution in [-0.2, 0) is 9.53 Å². The van der Waals surface area contributed by atoms with E-state index in [2.05, 4.69) is 16.6 Å². The molecule has 0 aromatic heterocycles. The van der Waals surface area contributed by atoms with Crippen LogP contribution >= 0.6 is 0 Å². The number of rotatable bonds is 2. The summed E-state index contributed by atoms with van der Waals surface area (Å²) in [5.41, 5.74) is 0. The molecule has 0 rings (SSSR count). The first-order chi connectivity index (χ1) is 4.77. The number of allylic oxidation sites excluding steroid dienone is 1. The SMILES string of the molecule is CC#C/C=C/COC(C)=O. The first kappa shape index (κ1) is 8.77. The molecule has 0 saturated carbocycles. The van der Waals surface area contributed by atoms with Crippen molar-refractivity contribution in [2.45, 2.75) is 13.8 Å². The average Bonchev–Trinajstić information content (AvgIpc) is 1.87. The van der Waals surface area contributed by atoms with Crippen molar-refractivity contribution in [3.63, 3.8) is 0 Å². The van der Waals surface area contributed by atoms with E-state index in [1.54, 1.807) is 19.1 Å². The highest BCUT2D eigenvalue weighted by atomic mass is 16.5. The van der Waals surface area contributed by atoms with Gasteiger partial charge in [0.2, 0.25) is 0 Å². The molecule has 0 aromatic carbocycles. The third kappa shape index (κ3) is 6.77. The minimum atomic E-state index is -0.269. The van der Waals surface area contributed by atoms with E-state index < -0.39 is 0 Å². The van der Waals surface area contributed by atoms with Gasteiger partial charge in [-0.1, -0.05) is 5.92 Å². The van der Waals surface area contributed by atoms with Crippen molar-refractivity contribution in [2.24, 2.45) is 0 Å². The van der Waals surface area contributed by atoms with Gasteiger partial charge in [-0.15, -0.1) is 5.92 Å². The molecule has 0 atom stereocenters.